The Hall–Kier alpha value is -3.54. The Kier molecular flexibility index (Phi) is 7.27. The third-order valence-electron chi connectivity index (χ3n) is 4.53. The van der Waals surface area contributed by atoms with Crippen LogP contribution in [0.2, 0.25) is 0 Å². The van der Waals surface area contributed by atoms with Crippen LogP contribution in [-0.2, 0) is 13.2 Å². The highest BCUT2D eigenvalue weighted by Gasteiger charge is 2.12. The fraction of sp³-hybridized carbons (Fsp3) is 0.250. The Labute approximate surface area is 177 Å². The monoisotopic (exact) mass is 405 g/mol. The number of ether oxygens (including phenoxy) is 2. The number of carbonyl (C=O) groups excluding carboxylic acids is 1. The molecule has 0 fully saturated rings. The molecule has 1 heterocycles. The van der Waals surface area contributed by atoms with Crippen LogP contribution in [0, 0.1) is 0 Å². The number of rotatable bonds is 9. The van der Waals surface area contributed by atoms with Gasteiger partial charge < -0.3 is 19.7 Å². The molecule has 1 N–H and O–H groups in total. The van der Waals surface area contributed by atoms with Crippen molar-refractivity contribution in [2.75, 3.05) is 25.6 Å². The molecule has 2 aromatic carbocycles. The molecule has 30 heavy (non-hydrogen) atoms. The van der Waals surface area contributed by atoms with E-state index in [1.54, 1.807) is 30.6 Å². The maximum Gasteiger partial charge on any atom is 0.251 e. The first kappa shape index (κ1) is 21.2. The molecule has 156 valence electrons. The minimum absolute atomic E-state index is 0.160. The van der Waals surface area contributed by atoms with Crippen molar-refractivity contribution in [1.82, 2.24) is 10.3 Å². The predicted octanol–water partition coefficient (Wildman–Crippen LogP) is 4.06. The summed E-state index contributed by atoms with van der Waals surface area (Å²) in [5.41, 5.74) is 3.67. The van der Waals surface area contributed by atoms with Crippen molar-refractivity contribution < 1.29 is 14.3 Å². The number of pyridine rings is 1. The summed E-state index contributed by atoms with van der Waals surface area (Å²) in [6.07, 6.45) is 3.45. The summed E-state index contributed by atoms with van der Waals surface area (Å²) in [6.45, 7) is 3.23. The Morgan fingerprint density at radius 1 is 0.967 bits per heavy atom. The molecule has 6 heteroatoms. The van der Waals surface area contributed by atoms with Crippen molar-refractivity contribution in [2.24, 2.45) is 0 Å². The number of hydrogen-bond donors (Lipinski definition) is 1. The van der Waals surface area contributed by atoms with Crippen LogP contribution in [0.5, 0.6) is 11.5 Å². The predicted molar refractivity (Wildman–Crippen MR) is 118 cm³/mol. The van der Waals surface area contributed by atoms with Gasteiger partial charge in [0.1, 0.15) is 6.61 Å². The first-order valence-electron chi connectivity index (χ1n) is 9.90. The van der Waals surface area contributed by atoms with Gasteiger partial charge in [0, 0.05) is 44.3 Å². The van der Waals surface area contributed by atoms with Crippen LogP contribution >= 0.6 is 0 Å². The van der Waals surface area contributed by atoms with E-state index >= 15 is 0 Å². The molecule has 0 unspecified atom stereocenters. The highest BCUT2D eigenvalue weighted by Crippen LogP contribution is 2.29. The minimum Gasteiger partial charge on any atom is -0.490 e. The molecule has 0 radical (unpaired) electrons. The number of hydrogen-bond acceptors (Lipinski definition) is 5. The average Bonchev–Trinajstić information content (AvgIpc) is 2.77. The molecule has 0 saturated carbocycles. The number of nitrogens with one attached hydrogen (secondary N) is 1. The molecule has 0 atom stereocenters. The molecule has 0 aliphatic heterocycles. The number of benzene rings is 2. The lowest BCUT2D eigenvalue weighted by Crippen LogP contribution is -2.23. The summed E-state index contributed by atoms with van der Waals surface area (Å²) in [6, 6.07) is 17.1. The van der Waals surface area contributed by atoms with E-state index in [0.29, 0.717) is 36.8 Å². The Bertz CT molecular complexity index is 974. The van der Waals surface area contributed by atoms with Crippen molar-refractivity contribution in [3.8, 4) is 11.5 Å². The summed E-state index contributed by atoms with van der Waals surface area (Å²) < 4.78 is 11.6. The van der Waals surface area contributed by atoms with Gasteiger partial charge in [0.15, 0.2) is 11.5 Å². The molecule has 0 aliphatic rings. The third-order valence-corrected chi connectivity index (χ3v) is 4.53. The van der Waals surface area contributed by atoms with Gasteiger partial charge in [-0.1, -0.05) is 12.1 Å². The van der Waals surface area contributed by atoms with E-state index < -0.39 is 0 Å². The van der Waals surface area contributed by atoms with Crippen LogP contribution in [0.25, 0.3) is 0 Å². The lowest BCUT2D eigenvalue weighted by Gasteiger charge is -2.15. The second-order valence-electron chi connectivity index (χ2n) is 6.99. The first-order chi connectivity index (χ1) is 14.6. The fourth-order valence-electron chi connectivity index (χ4n) is 2.91. The van der Waals surface area contributed by atoms with E-state index in [1.165, 1.54) is 0 Å². The van der Waals surface area contributed by atoms with Gasteiger partial charge >= 0.3 is 0 Å². The number of amides is 1. The standard InChI is InChI=1S/C24H27N3O3/c1-4-29-23-15-20(8-9-22(23)30-17-18-10-12-25-13-11-18)24(28)26-16-19-6-5-7-21(14-19)27(2)3/h5-15H,4,16-17H2,1-3H3,(H,26,28). The summed E-state index contributed by atoms with van der Waals surface area (Å²) in [5.74, 6) is 0.990. The fourth-order valence-corrected chi connectivity index (χ4v) is 2.91. The number of carbonyl (C=O) groups is 1. The van der Waals surface area contributed by atoms with E-state index in [9.17, 15) is 4.79 Å². The van der Waals surface area contributed by atoms with Crippen molar-refractivity contribution >= 4 is 11.6 Å². The van der Waals surface area contributed by atoms with Crippen LogP contribution in [0.4, 0.5) is 5.69 Å². The molecule has 1 aromatic heterocycles. The van der Waals surface area contributed by atoms with Crippen LogP contribution in [0.3, 0.4) is 0 Å². The first-order valence-corrected chi connectivity index (χ1v) is 9.90. The van der Waals surface area contributed by atoms with Gasteiger partial charge in [0.2, 0.25) is 0 Å². The molecule has 1 amide bonds. The van der Waals surface area contributed by atoms with Crippen molar-refractivity contribution in [3.63, 3.8) is 0 Å². The smallest absolute Gasteiger partial charge is 0.251 e. The Morgan fingerprint density at radius 3 is 2.50 bits per heavy atom. The lowest BCUT2D eigenvalue weighted by atomic mass is 10.1. The molecule has 0 saturated heterocycles. The molecular weight excluding hydrogens is 378 g/mol. The molecule has 3 aromatic rings. The SMILES string of the molecule is CCOc1cc(C(=O)NCc2cccc(N(C)C)c2)ccc1OCc1ccncc1. The summed E-state index contributed by atoms with van der Waals surface area (Å²) >= 11 is 0. The zero-order valence-corrected chi connectivity index (χ0v) is 17.6. The van der Waals surface area contributed by atoms with E-state index in [0.717, 1.165) is 16.8 Å². The normalized spacial score (nSPS) is 10.4. The highest BCUT2D eigenvalue weighted by molar-refractivity contribution is 5.94. The Morgan fingerprint density at radius 2 is 1.77 bits per heavy atom. The number of anilines is 1. The molecule has 0 spiro atoms. The van der Waals surface area contributed by atoms with Crippen LogP contribution in [0.1, 0.15) is 28.4 Å². The summed E-state index contributed by atoms with van der Waals surface area (Å²) in [4.78, 5) is 18.7. The number of nitrogens with zero attached hydrogens (tertiary/aromatic N) is 2. The van der Waals surface area contributed by atoms with Crippen LogP contribution in [-0.4, -0.2) is 31.6 Å². The summed E-state index contributed by atoms with van der Waals surface area (Å²) in [5, 5.41) is 2.97. The van der Waals surface area contributed by atoms with Gasteiger partial charge in [-0.3, -0.25) is 9.78 Å². The van der Waals surface area contributed by atoms with Gasteiger partial charge in [-0.15, -0.1) is 0 Å². The maximum atomic E-state index is 12.7. The molecular formula is C24H27N3O3. The van der Waals surface area contributed by atoms with Gasteiger partial charge in [0.05, 0.1) is 6.61 Å². The van der Waals surface area contributed by atoms with E-state index in [-0.39, 0.29) is 5.91 Å². The Balaban J connectivity index is 1.67. The topological polar surface area (TPSA) is 63.7 Å². The third kappa shape index (κ3) is 5.73. The van der Waals surface area contributed by atoms with E-state index in [1.807, 2.05) is 56.3 Å². The van der Waals surface area contributed by atoms with Crippen molar-refractivity contribution in [1.29, 1.82) is 0 Å². The molecule has 6 nitrogen and oxygen atoms in total. The second-order valence-corrected chi connectivity index (χ2v) is 6.99. The van der Waals surface area contributed by atoms with E-state index in [4.69, 9.17) is 9.47 Å². The highest BCUT2D eigenvalue weighted by atomic mass is 16.5. The minimum atomic E-state index is -0.160. The van der Waals surface area contributed by atoms with Crippen LogP contribution < -0.4 is 19.7 Å². The molecule has 0 bridgehead atoms. The van der Waals surface area contributed by atoms with Crippen molar-refractivity contribution in [3.05, 3.63) is 83.7 Å². The van der Waals surface area contributed by atoms with Gasteiger partial charge in [-0.05, 0) is 60.5 Å². The average molecular weight is 405 g/mol. The van der Waals surface area contributed by atoms with Crippen LogP contribution in [0.15, 0.2) is 67.0 Å². The van der Waals surface area contributed by atoms with Gasteiger partial charge in [-0.25, -0.2) is 0 Å². The van der Waals surface area contributed by atoms with Gasteiger partial charge in [-0.2, -0.15) is 0 Å². The summed E-state index contributed by atoms with van der Waals surface area (Å²) in [7, 11) is 3.98. The molecule has 0 aliphatic carbocycles. The van der Waals surface area contributed by atoms with Gasteiger partial charge in [0.25, 0.3) is 5.91 Å². The zero-order valence-electron chi connectivity index (χ0n) is 17.6. The second kappa shape index (κ2) is 10.3. The van der Waals surface area contributed by atoms with E-state index in [2.05, 4.69) is 16.4 Å². The maximum absolute atomic E-state index is 12.7. The molecule has 3 rings (SSSR count). The lowest BCUT2D eigenvalue weighted by molar-refractivity contribution is 0.0950. The quantitative estimate of drug-likeness (QED) is 0.582. The zero-order chi connectivity index (χ0) is 21.3. The van der Waals surface area contributed by atoms with Crippen molar-refractivity contribution in [2.45, 2.75) is 20.1 Å². The number of aromatic nitrogens is 1. The largest absolute Gasteiger partial charge is 0.490 e.